The van der Waals surface area contributed by atoms with E-state index >= 15 is 0 Å². The first-order chi connectivity index (χ1) is 19.0. The van der Waals surface area contributed by atoms with E-state index in [0.29, 0.717) is 0 Å². The summed E-state index contributed by atoms with van der Waals surface area (Å²) in [5, 5.41) is 50.7. The first kappa shape index (κ1) is 24.8. The summed E-state index contributed by atoms with van der Waals surface area (Å²) in [5.41, 5.74) is -4.43. The van der Waals surface area contributed by atoms with Crippen molar-refractivity contribution in [1.82, 2.24) is 0 Å². The maximum absolute atomic E-state index is 13.8. The van der Waals surface area contributed by atoms with Crippen molar-refractivity contribution in [1.29, 1.82) is 0 Å². The minimum Gasteiger partial charge on any atom is -0.508 e. The number of aromatic hydroxyl groups is 3. The number of ether oxygens (including phenoxy) is 3. The van der Waals surface area contributed by atoms with Crippen molar-refractivity contribution in [3.05, 3.63) is 72.4 Å². The van der Waals surface area contributed by atoms with E-state index in [0.717, 1.165) is 18.2 Å². The second kappa shape index (κ2) is 8.51. The first-order valence-electron chi connectivity index (χ1n) is 11.4. The highest BCUT2D eigenvalue weighted by molar-refractivity contribution is 6.04. The van der Waals surface area contributed by atoms with E-state index in [9.17, 15) is 44.7 Å². The molecule has 0 bridgehead atoms. The lowest BCUT2D eigenvalue weighted by Gasteiger charge is -2.28. The van der Waals surface area contributed by atoms with Gasteiger partial charge in [0.25, 0.3) is 0 Å². The molecule has 0 spiro atoms. The Morgan fingerprint density at radius 3 is 2.33 bits per heavy atom. The molecule has 0 radical (unpaired) electrons. The van der Waals surface area contributed by atoms with E-state index in [-0.39, 0.29) is 33.8 Å². The van der Waals surface area contributed by atoms with Crippen LogP contribution in [0.15, 0.2) is 36.6 Å². The van der Waals surface area contributed by atoms with Gasteiger partial charge in [0, 0.05) is 13.2 Å². The van der Waals surface area contributed by atoms with E-state index in [1.165, 1.54) is 7.11 Å². The topological polar surface area (TPSA) is 223 Å². The van der Waals surface area contributed by atoms with Crippen molar-refractivity contribution in [3.63, 3.8) is 0 Å². The van der Waals surface area contributed by atoms with Gasteiger partial charge in [-0.3, -0.25) is 4.79 Å². The second-order valence-electron chi connectivity index (χ2n) is 8.87. The Morgan fingerprint density at radius 2 is 1.65 bits per heavy atom. The normalized spacial score (nSPS) is 15.1. The molecule has 2 aromatic carbocycles. The third-order valence-electron chi connectivity index (χ3n) is 6.69. The van der Waals surface area contributed by atoms with Gasteiger partial charge in [0.2, 0.25) is 0 Å². The van der Waals surface area contributed by atoms with E-state index in [1.54, 1.807) is 0 Å². The second-order valence-corrected chi connectivity index (χ2v) is 8.87. The highest BCUT2D eigenvalue weighted by atomic mass is 16.5. The summed E-state index contributed by atoms with van der Waals surface area (Å²) in [6.07, 6.45) is -1.49. The zero-order chi connectivity index (χ0) is 28.6. The number of benzene rings is 2. The zero-order valence-electron chi connectivity index (χ0n) is 20.1. The predicted octanol–water partition coefficient (Wildman–Crippen LogP) is 2.45. The summed E-state index contributed by atoms with van der Waals surface area (Å²) in [6, 6.07) is 2.68. The number of methoxy groups -OCH3 is 1. The summed E-state index contributed by atoms with van der Waals surface area (Å²) < 4.78 is 28.1. The van der Waals surface area contributed by atoms with Crippen LogP contribution in [-0.4, -0.2) is 44.6 Å². The fourth-order valence-corrected chi connectivity index (χ4v) is 5.09. The highest BCUT2D eigenvalue weighted by Crippen LogP contribution is 2.56. The number of carboxylic acid groups (broad SMARTS) is 2. The Kier molecular flexibility index (Phi) is 5.28. The molecule has 14 nitrogen and oxygen atoms in total. The zero-order valence-corrected chi connectivity index (χ0v) is 20.1. The molecular formula is C26H16O14. The van der Waals surface area contributed by atoms with Crippen LogP contribution in [-0.2, 0) is 18.0 Å². The number of carboxylic acids is 2. The molecule has 1 atom stereocenters. The Hall–Kier alpha value is -5.50. The predicted molar refractivity (Wildman–Crippen MR) is 129 cm³/mol. The van der Waals surface area contributed by atoms with Gasteiger partial charge in [-0.15, -0.1) is 0 Å². The van der Waals surface area contributed by atoms with Crippen molar-refractivity contribution in [2.24, 2.45) is 0 Å². The molecule has 0 saturated heterocycles. The molecule has 0 aliphatic carbocycles. The Labute approximate surface area is 220 Å². The summed E-state index contributed by atoms with van der Waals surface area (Å²) in [4.78, 5) is 50.2. The van der Waals surface area contributed by atoms with Crippen LogP contribution in [0, 0.1) is 0 Å². The largest absolute Gasteiger partial charge is 0.508 e. The minimum atomic E-state index is -1.67. The van der Waals surface area contributed by atoms with Gasteiger partial charge in [0.05, 0.1) is 39.3 Å². The van der Waals surface area contributed by atoms with E-state index in [1.807, 2.05) is 0 Å². The number of phenols is 2. The molecule has 6 rings (SSSR count). The summed E-state index contributed by atoms with van der Waals surface area (Å²) in [6.45, 7) is -0.963. The maximum atomic E-state index is 13.8. The van der Waals surface area contributed by atoms with Gasteiger partial charge >= 0.3 is 17.6 Å². The number of hydrogen-bond donors (Lipinski definition) is 5. The van der Waals surface area contributed by atoms with Gasteiger partial charge in [-0.2, -0.15) is 0 Å². The Morgan fingerprint density at radius 1 is 0.925 bits per heavy atom. The molecule has 0 fully saturated rings. The minimum absolute atomic E-state index is 0.0747. The maximum Gasteiger partial charge on any atom is 0.340 e. The van der Waals surface area contributed by atoms with Gasteiger partial charge in [0.15, 0.2) is 28.4 Å². The van der Waals surface area contributed by atoms with Crippen LogP contribution in [0.2, 0.25) is 0 Å². The highest BCUT2D eigenvalue weighted by Gasteiger charge is 2.42. The van der Waals surface area contributed by atoms with Crippen LogP contribution in [0.4, 0.5) is 0 Å². The number of fused-ring (bicyclic) bond motifs is 7. The SMILES string of the molecule is COC1c2c(c(O)c(C(=O)O)c3c2OCc2c(O)cc(=O)oc2-3)OCc2oc3cc(O)cc(C(=O)O)c3c(=O)c21. The van der Waals surface area contributed by atoms with Crippen LogP contribution >= 0.6 is 0 Å². The molecular weight excluding hydrogens is 536 g/mol. The molecule has 1 unspecified atom stereocenters. The molecule has 2 aliphatic rings. The van der Waals surface area contributed by atoms with Crippen LogP contribution in [0.25, 0.3) is 22.3 Å². The van der Waals surface area contributed by atoms with Gasteiger partial charge in [-0.25, -0.2) is 14.4 Å². The number of rotatable bonds is 3. The van der Waals surface area contributed by atoms with Crippen LogP contribution in [0.3, 0.4) is 0 Å². The lowest BCUT2D eigenvalue weighted by Crippen LogP contribution is -2.21. The van der Waals surface area contributed by atoms with Gasteiger partial charge in [-0.05, 0) is 6.07 Å². The van der Waals surface area contributed by atoms with Crippen LogP contribution < -0.4 is 20.5 Å². The van der Waals surface area contributed by atoms with Gasteiger partial charge in [-0.1, -0.05) is 0 Å². The summed E-state index contributed by atoms with van der Waals surface area (Å²) >= 11 is 0. The summed E-state index contributed by atoms with van der Waals surface area (Å²) in [5.74, 6) is -6.46. The van der Waals surface area contributed by atoms with E-state index in [2.05, 4.69) is 0 Å². The molecule has 204 valence electrons. The fourth-order valence-electron chi connectivity index (χ4n) is 5.09. The quantitative estimate of drug-likeness (QED) is 0.246. The first-order valence-corrected chi connectivity index (χ1v) is 11.4. The van der Waals surface area contributed by atoms with Crippen LogP contribution in [0.5, 0.6) is 28.7 Å². The van der Waals surface area contributed by atoms with Gasteiger partial charge in [0.1, 0.15) is 47.7 Å². The lowest BCUT2D eigenvalue weighted by molar-refractivity contribution is 0.0683. The summed E-state index contributed by atoms with van der Waals surface area (Å²) in [7, 11) is 1.18. The fraction of sp³-hybridized carbons (Fsp3) is 0.154. The number of hydrogen-bond acceptors (Lipinski definition) is 12. The molecule has 0 amide bonds. The third kappa shape index (κ3) is 3.32. The molecule has 14 heteroatoms. The Balaban J connectivity index is 1.75. The molecule has 4 heterocycles. The van der Waals surface area contributed by atoms with Crippen molar-refractivity contribution in [2.75, 3.05) is 7.11 Å². The lowest BCUT2D eigenvalue weighted by atomic mass is 9.89. The molecule has 40 heavy (non-hydrogen) atoms. The van der Waals surface area contributed by atoms with Crippen molar-refractivity contribution in [3.8, 4) is 40.1 Å². The molecule has 4 aromatic rings. The van der Waals surface area contributed by atoms with Crippen LogP contribution in [0.1, 0.15) is 49.3 Å². The molecule has 2 aromatic heterocycles. The average Bonchev–Trinajstić information content (AvgIpc) is 3.05. The monoisotopic (exact) mass is 552 g/mol. The smallest absolute Gasteiger partial charge is 0.340 e. The van der Waals surface area contributed by atoms with Gasteiger partial charge < -0.3 is 48.6 Å². The van der Waals surface area contributed by atoms with E-state index in [4.69, 9.17) is 23.0 Å². The number of aromatic carboxylic acids is 2. The molecule has 0 saturated carbocycles. The van der Waals surface area contributed by atoms with Crippen molar-refractivity contribution >= 4 is 22.9 Å². The average molecular weight is 552 g/mol. The molecule has 5 N–H and O–H groups in total. The molecule has 2 aliphatic heterocycles. The van der Waals surface area contributed by atoms with Crippen molar-refractivity contribution in [2.45, 2.75) is 19.3 Å². The standard InChI is InChI=1S/C26H16O14/c1-36-22-15-12(39-11-3-7(27)2-8(25(32)33)14(11)19(15)30)6-38-24-18(22)23-17(16(20(24)31)26(34)35)21-9(5-37-23)10(28)4-13(29)40-21/h2-4,22,27-28,31H,5-6H2,1H3,(H,32,33)(H,34,35). The third-order valence-corrected chi connectivity index (χ3v) is 6.69. The number of carbonyl (C=O) groups is 2. The Bertz CT molecular complexity index is 1930. The van der Waals surface area contributed by atoms with E-state index < -0.39 is 93.1 Å². The number of phenolic OH excluding ortho intramolecular Hbond substituents is 1. The van der Waals surface area contributed by atoms with Crippen molar-refractivity contribution < 1.29 is 58.2 Å².